The Hall–Kier alpha value is -0.260. The zero-order chi connectivity index (χ0) is 11.8. The SMILES string of the molecule is Cc1nc2c(cc1Br)SCC[C@@H]1CNCCN21. The number of hydrogen-bond donors (Lipinski definition) is 1. The Morgan fingerprint density at radius 2 is 2.47 bits per heavy atom. The van der Waals surface area contributed by atoms with E-state index in [-0.39, 0.29) is 0 Å². The molecule has 0 amide bonds. The molecule has 0 saturated carbocycles. The van der Waals surface area contributed by atoms with Crippen molar-refractivity contribution < 1.29 is 0 Å². The smallest absolute Gasteiger partial charge is 0.142 e. The summed E-state index contributed by atoms with van der Waals surface area (Å²) in [6.45, 7) is 5.30. The number of pyridine rings is 1. The number of fused-ring (bicyclic) bond motifs is 3. The first-order valence-electron chi connectivity index (χ1n) is 6.03. The van der Waals surface area contributed by atoms with E-state index in [1.165, 1.54) is 22.9 Å². The van der Waals surface area contributed by atoms with E-state index in [1.807, 2.05) is 11.8 Å². The van der Waals surface area contributed by atoms with E-state index in [9.17, 15) is 0 Å². The predicted molar refractivity (Wildman–Crippen MR) is 76.0 cm³/mol. The third kappa shape index (κ3) is 2.20. The summed E-state index contributed by atoms with van der Waals surface area (Å²) >= 11 is 5.52. The largest absolute Gasteiger partial charge is 0.350 e. The highest BCUT2D eigenvalue weighted by molar-refractivity contribution is 9.10. The number of piperazine rings is 1. The van der Waals surface area contributed by atoms with Crippen molar-refractivity contribution in [1.82, 2.24) is 10.3 Å². The van der Waals surface area contributed by atoms with E-state index in [0.717, 1.165) is 29.8 Å². The van der Waals surface area contributed by atoms with Crippen LogP contribution < -0.4 is 10.2 Å². The number of nitrogens with one attached hydrogen (secondary N) is 1. The van der Waals surface area contributed by atoms with E-state index in [2.05, 4.69) is 39.1 Å². The molecule has 2 aliphatic heterocycles. The van der Waals surface area contributed by atoms with Gasteiger partial charge in [0.1, 0.15) is 5.82 Å². The molecule has 3 rings (SSSR count). The van der Waals surface area contributed by atoms with Gasteiger partial charge in [-0.3, -0.25) is 0 Å². The van der Waals surface area contributed by atoms with Crippen LogP contribution in [0.2, 0.25) is 0 Å². The molecule has 0 aromatic carbocycles. The molecule has 1 atom stereocenters. The lowest BCUT2D eigenvalue weighted by Gasteiger charge is -2.36. The van der Waals surface area contributed by atoms with Gasteiger partial charge in [-0.25, -0.2) is 4.98 Å². The van der Waals surface area contributed by atoms with Crippen LogP contribution in [-0.4, -0.2) is 36.4 Å². The molecular weight excluding hydrogens is 298 g/mol. The average Bonchev–Trinajstić information content (AvgIpc) is 2.50. The lowest BCUT2D eigenvalue weighted by atomic mass is 10.1. The van der Waals surface area contributed by atoms with Gasteiger partial charge in [-0.15, -0.1) is 11.8 Å². The number of aryl methyl sites for hydroxylation is 1. The van der Waals surface area contributed by atoms with Gasteiger partial charge < -0.3 is 10.2 Å². The van der Waals surface area contributed by atoms with Crippen LogP contribution in [0.3, 0.4) is 0 Å². The molecule has 17 heavy (non-hydrogen) atoms. The Kier molecular flexibility index (Phi) is 3.32. The van der Waals surface area contributed by atoms with Gasteiger partial charge in [0, 0.05) is 35.9 Å². The van der Waals surface area contributed by atoms with E-state index >= 15 is 0 Å². The number of nitrogens with zero attached hydrogens (tertiary/aromatic N) is 2. The maximum Gasteiger partial charge on any atom is 0.142 e. The minimum absolute atomic E-state index is 0.616. The molecule has 1 aromatic rings. The number of rotatable bonds is 0. The summed E-state index contributed by atoms with van der Waals surface area (Å²) in [5.41, 5.74) is 1.09. The summed E-state index contributed by atoms with van der Waals surface area (Å²) in [5, 5.41) is 3.48. The van der Waals surface area contributed by atoms with Crippen molar-refractivity contribution in [3.05, 3.63) is 16.2 Å². The Labute approximate surface area is 114 Å². The molecule has 1 aromatic heterocycles. The molecule has 3 nitrogen and oxygen atoms in total. The quantitative estimate of drug-likeness (QED) is 0.796. The first-order valence-corrected chi connectivity index (χ1v) is 7.81. The summed E-state index contributed by atoms with van der Waals surface area (Å²) < 4.78 is 1.12. The zero-order valence-corrected chi connectivity index (χ0v) is 12.3. The highest BCUT2D eigenvalue weighted by atomic mass is 79.9. The fraction of sp³-hybridized carbons (Fsp3) is 0.583. The van der Waals surface area contributed by atoms with E-state index in [4.69, 9.17) is 4.98 Å². The zero-order valence-electron chi connectivity index (χ0n) is 9.87. The van der Waals surface area contributed by atoms with Gasteiger partial charge in [0.05, 0.1) is 10.6 Å². The Morgan fingerprint density at radius 3 is 3.35 bits per heavy atom. The monoisotopic (exact) mass is 313 g/mol. The first-order chi connectivity index (χ1) is 8.25. The van der Waals surface area contributed by atoms with Gasteiger partial charge in [0.2, 0.25) is 0 Å². The van der Waals surface area contributed by atoms with Crippen molar-refractivity contribution in [3.63, 3.8) is 0 Å². The molecule has 2 aliphatic rings. The van der Waals surface area contributed by atoms with E-state index in [1.54, 1.807) is 0 Å². The summed E-state index contributed by atoms with van der Waals surface area (Å²) in [5.74, 6) is 2.38. The van der Waals surface area contributed by atoms with Gasteiger partial charge in [-0.1, -0.05) is 0 Å². The maximum absolute atomic E-state index is 4.79. The van der Waals surface area contributed by atoms with Gasteiger partial charge in [-0.05, 0) is 35.3 Å². The Bertz CT molecular complexity index is 438. The van der Waals surface area contributed by atoms with Crippen LogP contribution >= 0.6 is 27.7 Å². The van der Waals surface area contributed by atoms with E-state index in [0.29, 0.717) is 6.04 Å². The molecule has 1 N–H and O–H groups in total. The van der Waals surface area contributed by atoms with Crippen molar-refractivity contribution in [2.75, 3.05) is 30.3 Å². The Morgan fingerprint density at radius 1 is 1.59 bits per heavy atom. The minimum atomic E-state index is 0.616. The van der Waals surface area contributed by atoms with Crippen LogP contribution in [0.1, 0.15) is 12.1 Å². The molecule has 0 radical (unpaired) electrons. The highest BCUT2D eigenvalue weighted by Crippen LogP contribution is 2.37. The standard InChI is InChI=1S/C12H16BrN3S/c1-8-10(13)6-11-12(15-8)16-4-3-14-7-9(16)2-5-17-11/h6,9,14H,2-5,7H2,1H3/t9-/m1/s1. The normalized spacial score (nSPS) is 23.9. The lowest BCUT2D eigenvalue weighted by Crippen LogP contribution is -2.51. The molecule has 5 heteroatoms. The van der Waals surface area contributed by atoms with Crippen LogP contribution in [0.25, 0.3) is 0 Å². The number of hydrogen-bond acceptors (Lipinski definition) is 4. The molecule has 3 heterocycles. The second-order valence-electron chi connectivity index (χ2n) is 4.57. The van der Waals surface area contributed by atoms with Crippen molar-refractivity contribution in [3.8, 4) is 0 Å². The second kappa shape index (κ2) is 4.78. The molecule has 0 unspecified atom stereocenters. The van der Waals surface area contributed by atoms with Gasteiger partial charge in [0.25, 0.3) is 0 Å². The molecule has 92 valence electrons. The summed E-state index contributed by atoms with van der Waals surface area (Å²) in [6.07, 6.45) is 1.24. The van der Waals surface area contributed by atoms with Gasteiger partial charge in [0.15, 0.2) is 0 Å². The number of halogens is 1. The maximum atomic E-state index is 4.79. The molecule has 0 spiro atoms. The van der Waals surface area contributed by atoms with Crippen LogP contribution in [0.15, 0.2) is 15.4 Å². The van der Waals surface area contributed by atoms with Crippen LogP contribution in [-0.2, 0) is 0 Å². The molecule has 0 aliphatic carbocycles. The van der Waals surface area contributed by atoms with Crippen LogP contribution in [0.5, 0.6) is 0 Å². The summed E-state index contributed by atoms with van der Waals surface area (Å²) in [6, 6.07) is 2.85. The van der Waals surface area contributed by atoms with Crippen LogP contribution in [0, 0.1) is 6.92 Å². The topological polar surface area (TPSA) is 28.2 Å². The fourth-order valence-electron chi connectivity index (χ4n) is 2.47. The van der Waals surface area contributed by atoms with Gasteiger partial charge in [-0.2, -0.15) is 0 Å². The van der Waals surface area contributed by atoms with E-state index < -0.39 is 0 Å². The molecular formula is C12H16BrN3S. The van der Waals surface area contributed by atoms with Gasteiger partial charge >= 0.3 is 0 Å². The summed E-state index contributed by atoms with van der Waals surface area (Å²) in [4.78, 5) is 8.61. The number of aromatic nitrogens is 1. The minimum Gasteiger partial charge on any atom is -0.350 e. The molecule has 1 fully saturated rings. The fourth-order valence-corrected chi connectivity index (χ4v) is 4.04. The second-order valence-corrected chi connectivity index (χ2v) is 6.56. The van der Waals surface area contributed by atoms with Crippen LogP contribution in [0.4, 0.5) is 5.82 Å². The molecule has 0 bridgehead atoms. The van der Waals surface area contributed by atoms with Crippen molar-refractivity contribution in [1.29, 1.82) is 0 Å². The first kappa shape index (κ1) is 11.8. The van der Waals surface area contributed by atoms with Crippen molar-refractivity contribution in [2.45, 2.75) is 24.3 Å². The third-order valence-corrected chi connectivity index (χ3v) is 5.28. The highest BCUT2D eigenvalue weighted by Gasteiger charge is 2.28. The summed E-state index contributed by atoms with van der Waals surface area (Å²) in [7, 11) is 0. The predicted octanol–water partition coefficient (Wildman–Crippen LogP) is 2.43. The van der Waals surface area contributed by atoms with Crippen molar-refractivity contribution >= 4 is 33.5 Å². The third-order valence-electron chi connectivity index (χ3n) is 3.43. The van der Waals surface area contributed by atoms with Crippen molar-refractivity contribution in [2.24, 2.45) is 0 Å². The lowest BCUT2D eigenvalue weighted by molar-refractivity contribution is 0.465. The number of thioether (sulfide) groups is 1. The molecule has 1 saturated heterocycles. The number of anilines is 1. The Balaban J connectivity index is 2.05. The average molecular weight is 314 g/mol.